The van der Waals surface area contributed by atoms with E-state index in [-0.39, 0.29) is 5.95 Å². The number of nitrogen functional groups attached to an aromatic ring is 1. The van der Waals surface area contributed by atoms with Crippen molar-refractivity contribution in [2.45, 2.75) is 6.54 Å². The predicted octanol–water partition coefficient (Wildman–Crippen LogP) is 1.43. The molecule has 1 aliphatic heterocycles. The molecular weight excluding hydrogens is 288 g/mol. The lowest BCUT2D eigenvalue weighted by atomic mass is 10.2. The summed E-state index contributed by atoms with van der Waals surface area (Å²) in [5.41, 5.74) is 6.88. The van der Waals surface area contributed by atoms with Gasteiger partial charge in [0, 0.05) is 51.2 Å². The molecule has 0 radical (unpaired) electrons. The number of hydrogen-bond donors (Lipinski definition) is 1. The van der Waals surface area contributed by atoms with Crippen molar-refractivity contribution >= 4 is 23.4 Å². The lowest BCUT2D eigenvalue weighted by molar-refractivity contribution is 0.249. The molecular formula is C14H17ClN6. The molecule has 2 aromatic rings. The zero-order valence-electron chi connectivity index (χ0n) is 11.6. The van der Waals surface area contributed by atoms with Crippen molar-refractivity contribution in [1.82, 2.24) is 19.9 Å². The molecule has 1 fully saturated rings. The number of pyridine rings is 1. The number of hydrogen-bond acceptors (Lipinski definition) is 6. The monoisotopic (exact) mass is 304 g/mol. The van der Waals surface area contributed by atoms with Crippen LogP contribution in [0.3, 0.4) is 0 Å². The van der Waals surface area contributed by atoms with Crippen LogP contribution in [0, 0.1) is 0 Å². The van der Waals surface area contributed by atoms with E-state index in [0.717, 1.165) is 38.5 Å². The Kier molecular flexibility index (Phi) is 4.17. The van der Waals surface area contributed by atoms with Crippen LogP contribution in [-0.4, -0.2) is 46.0 Å². The average Bonchev–Trinajstić information content (AvgIpc) is 2.48. The topological polar surface area (TPSA) is 71.2 Å². The molecule has 1 saturated heterocycles. The average molecular weight is 305 g/mol. The third-order valence-corrected chi connectivity index (χ3v) is 3.72. The maximum absolute atomic E-state index is 5.93. The van der Waals surface area contributed by atoms with Crippen molar-refractivity contribution in [3.05, 3.63) is 41.3 Å². The van der Waals surface area contributed by atoms with Gasteiger partial charge in [0.15, 0.2) is 0 Å². The molecule has 0 saturated carbocycles. The molecule has 0 aliphatic carbocycles. The van der Waals surface area contributed by atoms with Gasteiger partial charge in [-0.05, 0) is 11.6 Å². The zero-order chi connectivity index (χ0) is 14.7. The molecule has 3 heterocycles. The Bertz CT molecular complexity index is 577. The molecule has 0 bridgehead atoms. The minimum Gasteiger partial charge on any atom is -0.368 e. The number of nitrogens with two attached hydrogens (primary N) is 1. The van der Waals surface area contributed by atoms with Crippen molar-refractivity contribution in [2.75, 3.05) is 36.8 Å². The van der Waals surface area contributed by atoms with Gasteiger partial charge >= 0.3 is 0 Å². The van der Waals surface area contributed by atoms with Crippen LogP contribution >= 0.6 is 11.6 Å². The molecule has 0 atom stereocenters. The molecule has 7 heteroatoms. The molecule has 0 aromatic carbocycles. The van der Waals surface area contributed by atoms with E-state index in [1.165, 1.54) is 5.56 Å². The second-order valence-corrected chi connectivity index (χ2v) is 5.42. The van der Waals surface area contributed by atoms with Gasteiger partial charge in [0.05, 0.1) is 0 Å². The maximum atomic E-state index is 5.93. The summed E-state index contributed by atoms with van der Waals surface area (Å²) in [6.07, 6.45) is 3.71. The molecule has 0 amide bonds. The Hall–Kier alpha value is -1.92. The van der Waals surface area contributed by atoms with E-state index in [0.29, 0.717) is 5.15 Å². The third-order valence-electron chi connectivity index (χ3n) is 3.52. The molecule has 0 unspecified atom stereocenters. The highest BCUT2D eigenvalue weighted by atomic mass is 35.5. The lowest BCUT2D eigenvalue weighted by Gasteiger charge is -2.35. The van der Waals surface area contributed by atoms with Crippen molar-refractivity contribution in [2.24, 2.45) is 0 Å². The van der Waals surface area contributed by atoms with Crippen molar-refractivity contribution in [3.8, 4) is 0 Å². The maximum Gasteiger partial charge on any atom is 0.223 e. The van der Waals surface area contributed by atoms with Gasteiger partial charge in [-0.15, -0.1) is 0 Å². The van der Waals surface area contributed by atoms with Gasteiger partial charge in [-0.1, -0.05) is 17.7 Å². The summed E-state index contributed by atoms with van der Waals surface area (Å²) in [4.78, 5) is 16.9. The van der Waals surface area contributed by atoms with E-state index >= 15 is 0 Å². The summed E-state index contributed by atoms with van der Waals surface area (Å²) >= 11 is 5.93. The summed E-state index contributed by atoms with van der Waals surface area (Å²) < 4.78 is 0. The van der Waals surface area contributed by atoms with Crippen LogP contribution < -0.4 is 10.6 Å². The highest BCUT2D eigenvalue weighted by Crippen LogP contribution is 2.19. The van der Waals surface area contributed by atoms with Crippen LogP contribution in [0.25, 0.3) is 0 Å². The van der Waals surface area contributed by atoms with E-state index in [1.807, 2.05) is 12.3 Å². The van der Waals surface area contributed by atoms with Crippen LogP contribution in [0.4, 0.5) is 11.8 Å². The SMILES string of the molecule is Nc1nc(Cl)cc(N2CCN(Cc3cccnc3)CC2)n1. The van der Waals surface area contributed by atoms with E-state index in [1.54, 1.807) is 12.3 Å². The van der Waals surface area contributed by atoms with Gasteiger partial charge in [0.1, 0.15) is 11.0 Å². The fourth-order valence-corrected chi connectivity index (χ4v) is 2.65. The van der Waals surface area contributed by atoms with Gasteiger partial charge in [-0.3, -0.25) is 9.88 Å². The fraction of sp³-hybridized carbons (Fsp3) is 0.357. The van der Waals surface area contributed by atoms with Crippen LogP contribution in [0.1, 0.15) is 5.56 Å². The van der Waals surface area contributed by atoms with E-state index in [9.17, 15) is 0 Å². The minimum absolute atomic E-state index is 0.218. The standard InChI is InChI=1S/C14H17ClN6/c15-12-8-13(19-14(16)18-12)21-6-4-20(5-7-21)10-11-2-1-3-17-9-11/h1-3,8-9H,4-7,10H2,(H2,16,18,19). The van der Waals surface area contributed by atoms with Gasteiger partial charge in [0.25, 0.3) is 0 Å². The molecule has 6 nitrogen and oxygen atoms in total. The minimum atomic E-state index is 0.218. The smallest absolute Gasteiger partial charge is 0.223 e. The Morgan fingerprint density at radius 2 is 2.00 bits per heavy atom. The molecule has 3 rings (SSSR count). The number of rotatable bonds is 3. The molecule has 110 valence electrons. The van der Waals surface area contributed by atoms with Crippen molar-refractivity contribution in [3.63, 3.8) is 0 Å². The van der Waals surface area contributed by atoms with Crippen molar-refractivity contribution < 1.29 is 0 Å². The first-order valence-corrected chi connectivity index (χ1v) is 7.25. The molecule has 21 heavy (non-hydrogen) atoms. The van der Waals surface area contributed by atoms with Gasteiger partial charge in [0.2, 0.25) is 5.95 Å². The first-order chi connectivity index (χ1) is 10.2. The Morgan fingerprint density at radius 3 is 2.67 bits per heavy atom. The summed E-state index contributed by atoms with van der Waals surface area (Å²) in [7, 11) is 0. The van der Waals surface area contributed by atoms with Crippen LogP contribution in [-0.2, 0) is 6.54 Å². The Balaban J connectivity index is 1.60. The summed E-state index contributed by atoms with van der Waals surface area (Å²) in [5.74, 6) is 1.02. The highest BCUT2D eigenvalue weighted by Gasteiger charge is 2.19. The van der Waals surface area contributed by atoms with Gasteiger partial charge in [-0.25, -0.2) is 4.98 Å². The summed E-state index contributed by atoms with van der Waals surface area (Å²) in [6.45, 7) is 4.65. The number of nitrogens with zero attached hydrogens (tertiary/aromatic N) is 5. The predicted molar refractivity (Wildman–Crippen MR) is 83.2 cm³/mol. The van der Waals surface area contributed by atoms with Crippen LogP contribution in [0.15, 0.2) is 30.6 Å². The first kappa shape index (κ1) is 14.0. The van der Waals surface area contributed by atoms with E-state index in [2.05, 4.69) is 30.8 Å². The normalized spacial score (nSPS) is 16.1. The molecule has 2 aromatic heterocycles. The zero-order valence-corrected chi connectivity index (χ0v) is 12.4. The number of aromatic nitrogens is 3. The summed E-state index contributed by atoms with van der Waals surface area (Å²) in [6, 6.07) is 5.83. The number of piperazine rings is 1. The number of anilines is 2. The van der Waals surface area contributed by atoms with Gasteiger partial charge in [-0.2, -0.15) is 4.98 Å². The van der Waals surface area contributed by atoms with Crippen LogP contribution in [0.5, 0.6) is 0 Å². The second kappa shape index (κ2) is 6.24. The third kappa shape index (κ3) is 3.59. The summed E-state index contributed by atoms with van der Waals surface area (Å²) in [5, 5.41) is 0.385. The molecule has 0 spiro atoms. The van der Waals surface area contributed by atoms with E-state index < -0.39 is 0 Å². The first-order valence-electron chi connectivity index (χ1n) is 6.87. The molecule has 1 aliphatic rings. The second-order valence-electron chi connectivity index (χ2n) is 5.03. The fourth-order valence-electron chi connectivity index (χ4n) is 2.47. The lowest BCUT2D eigenvalue weighted by Crippen LogP contribution is -2.46. The Labute approximate surface area is 128 Å². The highest BCUT2D eigenvalue weighted by molar-refractivity contribution is 6.29. The number of halogens is 1. The van der Waals surface area contributed by atoms with Gasteiger partial charge < -0.3 is 10.6 Å². The largest absolute Gasteiger partial charge is 0.368 e. The van der Waals surface area contributed by atoms with Crippen molar-refractivity contribution in [1.29, 1.82) is 0 Å². The Morgan fingerprint density at radius 1 is 1.19 bits per heavy atom. The van der Waals surface area contributed by atoms with Crippen LogP contribution in [0.2, 0.25) is 5.15 Å². The molecule has 2 N–H and O–H groups in total. The quantitative estimate of drug-likeness (QED) is 0.865. The van der Waals surface area contributed by atoms with E-state index in [4.69, 9.17) is 17.3 Å².